The number of hydrogen-bond acceptors (Lipinski definition) is 2. The quantitative estimate of drug-likeness (QED) is 0.470. The zero-order valence-electron chi connectivity index (χ0n) is 15.3. The molecule has 2 saturated carbocycles. The number of hydrogen-bond donors (Lipinski definition) is 0. The van der Waals surface area contributed by atoms with Gasteiger partial charge in [-0.1, -0.05) is 58.3 Å². The van der Waals surface area contributed by atoms with Crippen LogP contribution >= 0.6 is 0 Å². The van der Waals surface area contributed by atoms with Gasteiger partial charge in [0.15, 0.2) is 0 Å². The molecule has 132 valence electrons. The molecule has 2 aliphatic rings. The lowest BCUT2D eigenvalue weighted by molar-refractivity contribution is 0.0187. The van der Waals surface area contributed by atoms with Gasteiger partial charge in [0.25, 0.3) is 0 Å². The van der Waals surface area contributed by atoms with E-state index in [1.54, 1.807) is 0 Å². The van der Waals surface area contributed by atoms with Crippen LogP contribution in [0.2, 0.25) is 0 Å². The van der Waals surface area contributed by atoms with Gasteiger partial charge in [-0.25, -0.2) is 0 Å². The van der Waals surface area contributed by atoms with Crippen molar-refractivity contribution in [3.05, 3.63) is 0 Å². The summed E-state index contributed by atoms with van der Waals surface area (Å²) in [5.74, 6) is 2.29. The molecule has 0 unspecified atom stereocenters. The van der Waals surface area contributed by atoms with Crippen molar-refractivity contribution < 1.29 is 4.74 Å². The molecule has 0 radical (unpaired) electrons. The summed E-state index contributed by atoms with van der Waals surface area (Å²) in [6, 6.07) is 2.40. The fraction of sp³-hybridized carbons (Fsp3) is 0.952. The monoisotopic (exact) mass is 319 g/mol. The molecule has 0 amide bonds. The van der Waals surface area contributed by atoms with Gasteiger partial charge >= 0.3 is 0 Å². The van der Waals surface area contributed by atoms with Crippen LogP contribution in [-0.4, -0.2) is 12.7 Å². The largest absolute Gasteiger partial charge is 0.378 e. The lowest BCUT2D eigenvalue weighted by Crippen LogP contribution is -2.22. The van der Waals surface area contributed by atoms with Gasteiger partial charge in [0.1, 0.15) is 0 Å². The molecule has 0 saturated heterocycles. The standard InChI is InChI=1S/C21H37NO/c1-2-3-4-6-18-8-10-19(11-9-18)7-5-16-23-21-14-12-20(17-22)13-15-21/h18-21H,2-16H2,1H3/t18-,19-,20?,21?. The topological polar surface area (TPSA) is 33.0 Å². The fourth-order valence-corrected chi connectivity index (χ4v) is 4.47. The van der Waals surface area contributed by atoms with E-state index in [0.29, 0.717) is 12.0 Å². The third-order valence-electron chi connectivity index (χ3n) is 6.15. The molecule has 0 bridgehead atoms. The summed E-state index contributed by atoms with van der Waals surface area (Å²) in [4.78, 5) is 0. The average molecular weight is 320 g/mol. The highest BCUT2D eigenvalue weighted by molar-refractivity contribution is 4.87. The van der Waals surface area contributed by atoms with Crippen LogP contribution in [0.1, 0.15) is 96.8 Å². The molecule has 0 aromatic rings. The van der Waals surface area contributed by atoms with Crippen molar-refractivity contribution in [2.45, 2.75) is 103 Å². The van der Waals surface area contributed by atoms with E-state index in [2.05, 4.69) is 13.0 Å². The van der Waals surface area contributed by atoms with Gasteiger partial charge in [-0.05, 0) is 50.4 Å². The Morgan fingerprint density at radius 1 is 0.826 bits per heavy atom. The molecular weight excluding hydrogens is 282 g/mol. The maximum atomic E-state index is 8.92. The van der Waals surface area contributed by atoms with Crippen molar-refractivity contribution in [2.24, 2.45) is 17.8 Å². The Hall–Kier alpha value is -0.550. The Kier molecular flexibility index (Phi) is 9.05. The highest BCUT2D eigenvalue weighted by Gasteiger charge is 2.22. The smallest absolute Gasteiger partial charge is 0.0655 e. The van der Waals surface area contributed by atoms with E-state index in [0.717, 1.165) is 44.1 Å². The summed E-state index contributed by atoms with van der Waals surface area (Å²) >= 11 is 0. The molecule has 0 atom stereocenters. The van der Waals surface area contributed by atoms with Gasteiger partial charge in [0.2, 0.25) is 0 Å². The number of nitriles is 1. The first-order valence-corrected chi connectivity index (χ1v) is 10.3. The molecule has 2 heteroatoms. The van der Waals surface area contributed by atoms with E-state index >= 15 is 0 Å². The second-order valence-corrected chi connectivity index (χ2v) is 8.00. The van der Waals surface area contributed by atoms with E-state index in [1.807, 2.05) is 0 Å². The minimum absolute atomic E-state index is 0.294. The van der Waals surface area contributed by atoms with Gasteiger partial charge in [-0.2, -0.15) is 5.26 Å². The average Bonchev–Trinajstić information content (AvgIpc) is 2.61. The lowest BCUT2D eigenvalue weighted by atomic mass is 9.78. The van der Waals surface area contributed by atoms with Gasteiger partial charge in [0.05, 0.1) is 12.2 Å². The maximum Gasteiger partial charge on any atom is 0.0655 e. The molecule has 2 aliphatic carbocycles. The summed E-state index contributed by atoms with van der Waals surface area (Å²) < 4.78 is 6.04. The highest BCUT2D eigenvalue weighted by Crippen LogP contribution is 2.34. The molecule has 0 heterocycles. The first-order chi connectivity index (χ1) is 11.3. The normalized spacial score (nSPS) is 31.7. The van der Waals surface area contributed by atoms with E-state index in [9.17, 15) is 0 Å². The van der Waals surface area contributed by atoms with Crippen molar-refractivity contribution >= 4 is 0 Å². The van der Waals surface area contributed by atoms with Crippen molar-refractivity contribution in [2.75, 3.05) is 6.61 Å². The summed E-state index contributed by atoms with van der Waals surface area (Å²) in [5, 5.41) is 8.92. The first kappa shape index (κ1) is 18.8. The van der Waals surface area contributed by atoms with Crippen LogP contribution < -0.4 is 0 Å². The minimum atomic E-state index is 0.294. The third kappa shape index (κ3) is 7.25. The van der Waals surface area contributed by atoms with Crippen LogP contribution in [0.15, 0.2) is 0 Å². The summed E-state index contributed by atoms with van der Waals surface area (Å²) in [7, 11) is 0. The minimum Gasteiger partial charge on any atom is -0.378 e. The molecular formula is C21H37NO. The Bertz CT molecular complexity index is 332. The molecule has 2 nitrogen and oxygen atoms in total. The van der Waals surface area contributed by atoms with Crippen molar-refractivity contribution in [3.8, 4) is 6.07 Å². The first-order valence-electron chi connectivity index (χ1n) is 10.3. The van der Waals surface area contributed by atoms with Gasteiger partial charge in [0, 0.05) is 12.5 Å². The second kappa shape index (κ2) is 11.1. The second-order valence-electron chi connectivity index (χ2n) is 8.00. The Morgan fingerprint density at radius 2 is 1.43 bits per heavy atom. The lowest BCUT2D eigenvalue weighted by Gasteiger charge is -2.29. The van der Waals surface area contributed by atoms with Crippen LogP contribution in [0.25, 0.3) is 0 Å². The molecule has 2 fully saturated rings. The molecule has 2 rings (SSSR count). The Morgan fingerprint density at radius 3 is 2.00 bits per heavy atom. The van der Waals surface area contributed by atoms with Gasteiger partial charge in [-0.3, -0.25) is 0 Å². The molecule has 0 aliphatic heterocycles. The van der Waals surface area contributed by atoms with Crippen LogP contribution in [0, 0.1) is 29.1 Å². The van der Waals surface area contributed by atoms with E-state index < -0.39 is 0 Å². The van der Waals surface area contributed by atoms with E-state index in [-0.39, 0.29) is 0 Å². The fourth-order valence-electron chi connectivity index (χ4n) is 4.47. The molecule has 0 spiro atoms. The van der Waals surface area contributed by atoms with Gasteiger partial charge < -0.3 is 4.74 Å². The molecule has 0 aromatic carbocycles. The molecule has 23 heavy (non-hydrogen) atoms. The zero-order valence-corrected chi connectivity index (χ0v) is 15.3. The van der Waals surface area contributed by atoms with Crippen molar-refractivity contribution in [1.29, 1.82) is 5.26 Å². The predicted molar refractivity (Wildman–Crippen MR) is 96.1 cm³/mol. The number of ether oxygens (including phenoxy) is 1. The molecule has 0 N–H and O–H groups in total. The Labute approximate surface area is 144 Å². The van der Waals surface area contributed by atoms with Crippen LogP contribution in [0.3, 0.4) is 0 Å². The predicted octanol–water partition coefficient (Wildman–Crippen LogP) is 6.25. The van der Waals surface area contributed by atoms with Crippen LogP contribution in [0.5, 0.6) is 0 Å². The van der Waals surface area contributed by atoms with Crippen LogP contribution in [0.4, 0.5) is 0 Å². The highest BCUT2D eigenvalue weighted by atomic mass is 16.5. The zero-order chi connectivity index (χ0) is 16.3. The molecule has 0 aromatic heterocycles. The van der Waals surface area contributed by atoms with Crippen molar-refractivity contribution in [3.63, 3.8) is 0 Å². The number of nitrogens with zero attached hydrogens (tertiary/aromatic N) is 1. The number of unbranched alkanes of at least 4 members (excludes halogenated alkanes) is 2. The van der Waals surface area contributed by atoms with Crippen LogP contribution in [-0.2, 0) is 4.74 Å². The SMILES string of the molecule is CCCCC[C@H]1CC[C@H](CCCOC2CCC(C#N)CC2)CC1. The third-order valence-corrected chi connectivity index (χ3v) is 6.15. The summed E-state index contributed by atoms with van der Waals surface area (Å²) in [6.07, 6.45) is 18.9. The Balaban J connectivity index is 1.46. The van der Waals surface area contributed by atoms with Gasteiger partial charge in [-0.15, -0.1) is 0 Å². The number of rotatable bonds is 9. The summed E-state index contributed by atoms with van der Waals surface area (Å²) in [6.45, 7) is 3.24. The van der Waals surface area contributed by atoms with Crippen molar-refractivity contribution in [1.82, 2.24) is 0 Å². The maximum absolute atomic E-state index is 8.92. The van der Waals surface area contributed by atoms with E-state index in [1.165, 1.54) is 64.2 Å². The van der Waals surface area contributed by atoms with E-state index in [4.69, 9.17) is 10.00 Å². The summed E-state index contributed by atoms with van der Waals surface area (Å²) in [5.41, 5.74) is 0.